The van der Waals surface area contributed by atoms with Gasteiger partial charge in [-0.2, -0.15) is 4.98 Å². The van der Waals surface area contributed by atoms with Gasteiger partial charge in [-0.15, -0.1) is 0 Å². The molecule has 19 heavy (non-hydrogen) atoms. The molecule has 1 atom stereocenters. The molecule has 7 nitrogen and oxygen atoms in total. The van der Waals surface area contributed by atoms with Gasteiger partial charge < -0.3 is 10.2 Å². The third-order valence-electron chi connectivity index (χ3n) is 3.50. The quantitative estimate of drug-likeness (QED) is 0.666. The molecular formula is C12H19N5O2. The van der Waals surface area contributed by atoms with E-state index >= 15 is 0 Å². The number of aromatic nitrogens is 2. The molecule has 1 aromatic heterocycles. The molecule has 0 amide bonds. The van der Waals surface area contributed by atoms with Gasteiger partial charge in [0.15, 0.2) is 0 Å². The van der Waals surface area contributed by atoms with Crippen molar-refractivity contribution in [2.24, 2.45) is 0 Å². The second-order valence-corrected chi connectivity index (χ2v) is 4.80. The van der Waals surface area contributed by atoms with Crippen LogP contribution in [0.4, 0.5) is 17.5 Å². The Balaban J connectivity index is 2.41. The number of rotatable bonds is 3. The summed E-state index contributed by atoms with van der Waals surface area (Å²) in [4.78, 5) is 21.0. The van der Waals surface area contributed by atoms with Crippen molar-refractivity contribution in [1.82, 2.24) is 9.97 Å². The molecule has 1 N–H and O–H groups in total. The summed E-state index contributed by atoms with van der Waals surface area (Å²) >= 11 is 0. The Morgan fingerprint density at radius 1 is 1.47 bits per heavy atom. The van der Waals surface area contributed by atoms with Crippen molar-refractivity contribution in [3.8, 4) is 0 Å². The van der Waals surface area contributed by atoms with Crippen molar-refractivity contribution in [3.63, 3.8) is 0 Å². The molecule has 1 aromatic rings. The average Bonchev–Trinajstić information content (AvgIpc) is 2.62. The van der Waals surface area contributed by atoms with E-state index in [1.807, 2.05) is 4.90 Å². The molecule has 1 saturated heterocycles. The lowest BCUT2D eigenvalue weighted by Crippen LogP contribution is -2.34. The molecular weight excluding hydrogens is 246 g/mol. The van der Waals surface area contributed by atoms with Gasteiger partial charge in [0.2, 0.25) is 11.8 Å². The van der Waals surface area contributed by atoms with Crippen LogP contribution in [0.15, 0.2) is 6.20 Å². The van der Waals surface area contributed by atoms with Crippen LogP contribution in [0, 0.1) is 10.1 Å². The first-order valence-corrected chi connectivity index (χ1v) is 6.59. The maximum absolute atomic E-state index is 11.1. The Labute approximate surface area is 112 Å². The average molecular weight is 265 g/mol. The molecule has 1 aliphatic rings. The van der Waals surface area contributed by atoms with Crippen molar-refractivity contribution in [2.75, 3.05) is 23.8 Å². The number of nitrogens with zero attached hydrogens (tertiary/aromatic N) is 4. The second-order valence-electron chi connectivity index (χ2n) is 4.80. The predicted octanol–water partition coefficient (Wildman–Crippen LogP) is 2.20. The highest BCUT2D eigenvalue weighted by Gasteiger charge is 2.27. The van der Waals surface area contributed by atoms with Gasteiger partial charge in [-0.3, -0.25) is 10.1 Å². The highest BCUT2D eigenvalue weighted by molar-refractivity contribution is 5.59. The largest absolute Gasteiger partial charge is 0.357 e. The lowest BCUT2D eigenvalue weighted by Gasteiger charge is -2.27. The van der Waals surface area contributed by atoms with E-state index in [2.05, 4.69) is 22.2 Å². The summed E-state index contributed by atoms with van der Waals surface area (Å²) in [5.41, 5.74) is -0.0206. The summed E-state index contributed by atoms with van der Waals surface area (Å²) in [6, 6.07) is 0.265. The molecule has 104 valence electrons. The highest BCUT2D eigenvalue weighted by Crippen LogP contribution is 2.30. The highest BCUT2D eigenvalue weighted by atomic mass is 16.6. The van der Waals surface area contributed by atoms with E-state index in [1.54, 1.807) is 7.05 Å². The molecule has 0 aliphatic carbocycles. The molecule has 1 fully saturated rings. The van der Waals surface area contributed by atoms with Crippen molar-refractivity contribution in [2.45, 2.75) is 38.6 Å². The van der Waals surface area contributed by atoms with Crippen molar-refractivity contribution >= 4 is 17.5 Å². The van der Waals surface area contributed by atoms with Crippen LogP contribution in [0.1, 0.15) is 32.6 Å². The van der Waals surface area contributed by atoms with Gasteiger partial charge in [0.05, 0.1) is 4.92 Å². The minimum atomic E-state index is -0.410. The summed E-state index contributed by atoms with van der Waals surface area (Å²) in [5, 5.41) is 14.0. The summed E-state index contributed by atoms with van der Waals surface area (Å²) in [6.45, 7) is 2.90. The van der Waals surface area contributed by atoms with Gasteiger partial charge in [0, 0.05) is 19.6 Å². The van der Waals surface area contributed by atoms with Gasteiger partial charge in [0.1, 0.15) is 6.20 Å². The first kappa shape index (κ1) is 13.5. The Kier molecular flexibility index (Phi) is 4.13. The third-order valence-corrected chi connectivity index (χ3v) is 3.50. The summed E-state index contributed by atoms with van der Waals surface area (Å²) in [5.74, 6) is 0.843. The van der Waals surface area contributed by atoms with Crippen LogP contribution in [-0.2, 0) is 0 Å². The topological polar surface area (TPSA) is 84.2 Å². The van der Waals surface area contributed by atoms with Gasteiger partial charge in [0.25, 0.3) is 0 Å². The zero-order chi connectivity index (χ0) is 13.8. The molecule has 2 heterocycles. The van der Waals surface area contributed by atoms with Crippen LogP contribution in [0.5, 0.6) is 0 Å². The van der Waals surface area contributed by atoms with Crippen LogP contribution in [0.25, 0.3) is 0 Å². The first-order valence-electron chi connectivity index (χ1n) is 6.59. The molecule has 0 saturated carbocycles. The molecule has 1 aliphatic heterocycles. The Morgan fingerprint density at radius 3 is 2.95 bits per heavy atom. The van der Waals surface area contributed by atoms with Gasteiger partial charge >= 0.3 is 5.69 Å². The SMILES string of the molecule is CNc1ncc([N+](=O)[O-])c(N2CCCCCC2C)n1. The van der Waals surface area contributed by atoms with E-state index in [9.17, 15) is 10.1 Å². The molecule has 1 unspecified atom stereocenters. The second kappa shape index (κ2) is 5.81. The van der Waals surface area contributed by atoms with E-state index in [1.165, 1.54) is 12.6 Å². The normalized spacial score (nSPS) is 19.9. The fourth-order valence-corrected chi connectivity index (χ4v) is 2.42. The van der Waals surface area contributed by atoms with Crippen LogP contribution < -0.4 is 10.2 Å². The number of nitro groups is 1. The standard InChI is InChI=1S/C12H19N5O2/c1-9-6-4-3-5-7-16(9)11-10(17(18)19)8-14-12(13-2)15-11/h8-9H,3-7H2,1-2H3,(H,13,14,15). The van der Waals surface area contributed by atoms with Crippen LogP contribution in [0.3, 0.4) is 0 Å². The number of anilines is 2. The minimum Gasteiger partial charge on any atom is -0.357 e. The van der Waals surface area contributed by atoms with Gasteiger partial charge in [-0.25, -0.2) is 4.98 Å². The van der Waals surface area contributed by atoms with Crippen molar-refractivity contribution in [1.29, 1.82) is 0 Å². The van der Waals surface area contributed by atoms with E-state index in [-0.39, 0.29) is 11.7 Å². The van der Waals surface area contributed by atoms with Crippen molar-refractivity contribution < 1.29 is 4.92 Å². The zero-order valence-electron chi connectivity index (χ0n) is 11.3. The fraction of sp³-hybridized carbons (Fsp3) is 0.667. The van der Waals surface area contributed by atoms with E-state index in [0.29, 0.717) is 11.8 Å². The van der Waals surface area contributed by atoms with E-state index < -0.39 is 4.92 Å². The van der Waals surface area contributed by atoms with E-state index in [4.69, 9.17) is 0 Å². The monoisotopic (exact) mass is 265 g/mol. The Hall–Kier alpha value is -1.92. The van der Waals surface area contributed by atoms with Gasteiger partial charge in [-0.05, 0) is 19.8 Å². The molecule has 2 rings (SSSR count). The zero-order valence-corrected chi connectivity index (χ0v) is 11.3. The first-order chi connectivity index (χ1) is 9.13. The van der Waals surface area contributed by atoms with Crippen molar-refractivity contribution in [3.05, 3.63) is 16.3 Å². The Morgan fingerprint density at radius 2 is 2.26 bits per heavy atom. The summed E-state index contributed by atoms with van der Waals surface area (Å²) < 4.78 is 0. The smallest absolute Gasteiger partial charge is 0.329 e. The minimum absolute atomic E-state index is 0.0206. The van der Waals surface area contributed by atoms with Crippen LogP contribution in [-0.4, -0.2) is 34.5 Å². The maximum Gasteiger partial charge on any atom is 0.329 e. The third kappa shape index (κ3) is 2.91. The Bertz CT molecular complexity index is 465. The fourth-order valence-electron chi connectivity index (χ4n) is 2.42. The molecule has 7 heteroatoms. The van der Waals surface area contributed by atoms with Crippen LogP contribution in [0.2, 0.25) is 0 Å². The maximum atomic E-state index is 11.1. The molecule has 0 aromatic carbocycles. The van der Waals surface area contributed by atoms with E-state index in [0.717, 1.165) is 25.8 Å². The molecule has 0 bridgehead atoms. The summed E-state index contributed by atoms with van der Waals surface area (Å²) in [7, 11) is 1.71. The summed E-state index contributed by atoms with van der Waals surface area (Å²) in [6.07, 6.45) is 5.69. The lowest BCUT2D eigenvalue weighted by atomic mass is 10.1. The lowest BCUT2D eigenvalue weighted by molar-refractivity contribution is -0.384. The van der Waals surface area contributed by atoms with Crippen LogP contribution >= 0.6 is 0 Å². The predicted molar refractivity (Wildman–Crippen MR) is 73.5 cm³/mol. The molecule has 0 radical (unpaired) electrons. The molecule has 0 spiro atoms. The number of nitrogens with one attached hydrogen (secondary N) is 1. The van der Waals surface area contributed by atoms with Gasteiger partial charge in [-0.1, -0.05) is 12.8 Å². The number of hydrogen-bond acceptors (Lipinski definition) is 6. The number of hydrogen-bond donors (Lipinski definition) is 1.